The fourth-order valence-corrected chi connectivity index (χ4v) is 3.06. The quantitative estimate of drug-likeness (QED) is 0.443. The SMILES string of the molecule is COc1ccc(-c2noc(-c3ccc(OCC(=O)Nc4ccc(C)c(C)c4)cc3)n2)cc1. The molecule has 162 valence electrons. The number of carbonyl (C=O) groups is 1. The van der Waals surface area contributed by atoms with Gasteiger partial charge in [0.2, 0.25) is 5.82 Å². The topological polar surface area (TPSA) is 86.5 Å². The van der Waals surface area contributed by atoms with Gasteiger partial charge in [0.1, 0.15) is 11.5 Å². The number of amides is 1. The third kappa shape index (κ3) is 4.95. The molecule has 0 bridgehead atoms. The van der Waals surface area contributed by atoms with Crippen molar-refractivity contribution in [3.05, 3.63) is 77.9 Å². The number of ether oxygens (including phenoxy) is 2. The number of nitrogens with zero attached hydrogens (tertiary/aromatic N) is 2. The molecule has 1 amide bonds. The zero-order valence-electron chi connectivity index (χ0n) is 18.1. The first-order valence-electron chi connectivity index (χ1n) is 10.1. The fourth-order valence-electron chi connectivity index (χ4n) is 3.06. The van der Waals surface area contributed by atoms with E-state index in [1.165, 1.54) is 5.56 Å². The molecule has 3 aromatic carbocycles. The second-order valence-electron chi connectivity index (χ2n) is 7.31. The number of benzene rings is 3. The summed E-state index contributed by atoms with van der Waals surface area (Å²) in [4.78, 5) is 16.6. The van der Waals surface area contributed by atoms with E-state index in [1.807, 2.05) is 68.4 Å². The Bertz CT molecular complexity index is 1210. The minimum atomic E-state index is -0.224. The van der Waals surface area contributed by atoms with E-state index in [4.69, 9.17) is 14.0 Å². The molecule has 7 heteroatoms. The molecule has 32 heavy (non-hydrogen) atoms. The Hall–Kier alpha value is -4.13. The number of nitrogens with one attached hydrogen (secondary N) is 1. The van der Waals surface area contributed by atoms with Crippen LogP contribution in [0.15, 0.2) is 71.3 Å². The number of carbonyl (C=O) groups excluding carboxylic acids is 1. The second kappa shape index (κ2) is 9.34. The molecule has 0 unspecified atom stereocenters. The molecule has 4 rings (SSSR count). The normalized spacial score (nSPS) is 10.6. The van der Waals surface area contributed by atoms with Crippen LogP contribution in [0.5, 0.6) is 11.5 Å². The van der Waals surface area contributed by atoms with Gasteiger partial charge in [-0.2, -0.15) is 4.98 Å². The van der Waals surface area contributed by atoms with Gasteiger partial charge >= 0.3 is 0 Å². The van der Waals surface area contributed by atoms with Crippen LogP contribution in [0.25, 0.3) is 22.8 Å². The zero-order valence-corrected chi connectivity index (χ0v) is 18.1. The standard InChI is InChI=1S/C25H23N3O4/c1-16-4-9-20(14-17(16)2)26-23(29)15-31-22-12-7-19(8-13-22)25-27-24(28-32-25)18-5-10-21(30-3)11-6-18/h4-14H,15H2,1-3H3,(H,26,29). The summed E-state index contributed by atoms with van der Waals surface area (Å²) in [5.41, 5.74) is 4.63. The molecule has 0 saturated heterocycles. The molecule has 0 aliphatic carbocycles. The van der Waals surface area contributed by atoms with Crippen LogP contribution in [-0.2, 0) is 4.79 Å². The molecule has 7 nitrogen and oxygen atoms in total. The summed E-state index contributed by atoms with van der Waals surface area (Å²) in [5.74, 6) is 1.99. The predicted molar refractivity (Wildman–Crippen MR) is 122 cm³/mol. The summed E-state index contributed by atoms with van der Waals surface area (Å²) < 4.78 is 16.1. The molecule has 0 atom stereocenters. The van der Waals surface area contributed by atoms with E-state index in [2.05, 4.69) is 15.5 Å². The van der Waals surface area contributed by atoms with E-state index in [9.17, 15) is 4.79 Å². The van der Waals surface area contributed by atoms with Gasteiger partial charge in [-0.15, -0.1) is 0 Å². The summed E-state index contributed by atoms with van der Waals surface area (Å²) in [6.45, 7) is 3.95. The maximum absolute atomic E-state index is 12.2. The highest BCUT2D eigenvalue weighted by Crippen LogP contribution is 2.25. The van der Waals surface area contributed by atoms with Crippen LogP contribution in [0, 0.1) is 13.8 Å². The highest BCUT2D eigenvalue weighted by Gasteiger charge is 2.11. The van der Waals surface area contributed by atoms with Gasteiger partial charge in [-0.1, -0.05) is 11.2 Å². The van der Waals surface area contributed by atoms with Crippen molar-refractivity contribution >= 4 is 11.6 Å². The first kappa shape index (κ1) is 21.1. The van der Waals surface area contributed by atoms with Crippen molar-refractivity contribution in [1.82, 2.24) is 10.1 Å². The minimum Gasteiger partial charge on any atom is -0.497 e. The Labute approximate surface area is 186 Å². The van der Waals surface area contributed by atoms with Crippen molar-refractivity contribution < 1.29 is 18.8 Å². The van der Waals surface area contributed by atoms with E-state index in [0.717, 1.165) is 28.1 Å². The van der Waals surface area contributed by atoms with Gasteiger partial charge in [0.15, 0.2) is 6.61 Å². The number of methoxy groups -OCH3 is 1. The highest BCUT2D eigenvalue weighted by molar-refractivity contribution is 5.92. The zero-order chi connectivity index (χ0) is 22.5. The van der Waals surface area contributed by atoms with E-state index in [-0.39, 0.29) is 12.5 Å². The Morgan fingerprint density at radius 3 is 2.28 bits per heavy atom. The molecular formula is C25H23N3O4. The fraction of sp³-hybridized carbons (Fsp3) is 0.160. The lowest BCUT2D eigenvalue weighted by atomic mass is 10.1. The van der Waals surface area contributed by atoms with Gasteiger partial charge in [0.25, 0.3) is 11.8 Å². The van der Waals surface area contributed by atoms with Gasteiger partial charge in [-0.25, -0.2) is 0 Å². The first-order chi connectivity index (χ1) is 15.5. The van der Waals surface area contributed by atoms with Crippen LogP contribution >= 0.6 is 0 Å². The lowest BCUT2D eigenvalue weighted by Gasteiger charge is -2.09. The second-order valence-corrected chi connectivity index (χ2v) is 7.31. The summed E-state index contributed by atoms with van der Waals surface area (Å²) in [6.07, 6.45) is 0. The lowest BCUT2D eigenvalue weighted by Crippen LogP contribution is -2.20. The molecule has 1 N–H and O–H groups in total. The molecule has 0 aliphatic rings. The molecule has 0 aliphatic heterocycles. The van der Waals surface area contributed by atoms with E-state index >= 15 is 0 Å². The largest absolute Gasteiger partial charge is 0.497 e. The Kier molecular flexibility index (Phi) is 6.17. The van der Waals surface area contributed by atoms with Crippen LogP contribution in [0.4, 0.5) is 5.69 Å². The monoisotopic (exact) mass is 429 g/mol. The van der Waals surface area contributed by atoms with Crippen molar-refractivity contribution in [3.63, 3.8) is 0 Å². The third-order valence-electron chi connectivity index (χ3n) is 5.04. The van der Waals surface area contributed by atoms with E-state index < -0.39 is 0 Å². The van der Waals surface area contributed by atoms with Crippen molar-refractivity contribution in [1.29, 1.82) is 0 Å². The smallest absolute Gasteiger partial charge is 0.262 e. The molecule has 0 saturated carbocycles. The molecular weight excluding hydrogens is 406 g/mol. The maximum Gasteiger partial charge on any atom is 0.262 e. The number of aromatic nitrogens is 2. The number of rotatable bonds is 7. The molecule has 1 aromatic heterocycles. The van der Waals surface area contributed by atoms with Crippen molar-refractivity contribution in [2.24, 2.45) is 0 Å². The van der Waals surface area contributed by atoms with Crippen molar-refractivity contribution in [2.75, 3.05) is 19.0 Å². The summed E-state index contributed by atoms with van der Waals surface area (Å²) >= 11 is 0. The first-order valence-corrected chi connectivity index (χ1v) is 10.1. The average molecular weight is 429 g/mol. The van der Waals surface area contributed by atoms with Crippen LogP contribution in [0.2, 0.25) is 0 Å². The van der Waals surface area contributed by atoms with Crippen LogP contribution in [0.1, 0.15) is 11.1 Å². The third-order valence-corrected chi connectivity index (χ3v) is 5.04. The van der Waals surface area contributed by atoms with E-state index in [1.54, 1.807) is 19.2 Å². The summed E-state index contributed by atoms with van der Waals surface area (Å²) in [5, 5.41) is 6.88. The number of hydrogen-bond acceptors (Lipinski definition) is 6. The number of aryl methyl sites for hydroxylation is 2. The van der Waals surface area contributed by atoms with Gasteiger partial charge in [-0.05, 0) is 85.6 Å². The van der Waals surface area contributed by atoms with Crippen LogP contribution < -0.4 is 14.8 Å². The van der Waals surface area contributed by atoms with Crippen molar-refractivity contribution in [3.8, 4) is 34.3 Å². The Morgan fingerprint density at radius 2 is 1.59 bits per heavy atom. The molecule has 0 radical (unpaired) electrons. The van der Waals surface area contributed by atoms with Crippen LogP contribution in [-0.4, -0.2) is 29.8 Å². The van der Waals surface area contributed by atoms with Crippen molar-refractivity contribution in [2.45, 2.75) is 13.8 Å². The van der Waals surface area contributed by atoms with Crippen LogP contribution in [0.3, 0.4) is 0 Å². The number of hydrogen-bond donors (Lipinski definition) is 1. The summed E-state index contributed by atoms with van der Waals surface area (Å²) in [6, 6.07) is 20.3. The van der Waals surface area contributed by atoms with Gasteiger partial charge in [0.05, 0.1) is 7.11 Å². The average Bonchev–Trinajstić information content (AvgIpc) is 3.31. The predicted octanol–water partition coefficient (Wildman–Crippen LogP) is 5.05. The summed E-state index contributed by atoms with van der Waals surface area (Å²) in [7, 11) is 1.62. The maximum atomic E-state index is 12.2. The van der Waals surface area contributed by atoms with Gasteiger partial charge < -0.3 is 19.3 Å². The minimum absolute atomic E-state index is 0.0888. The Morgan fingerprint density at radius 1 is 0.906 bits per heavy atom. The van der Waals surface area contributed by atoms with Gasteiger partial charge in [-0.3, -0.25) is 4.79 Å². The lowest BCUT2D eigenvalue weighted by molar-refractivity contribution is -0.118. The molecule has 1 heterocycles. The number of anilines is 1. The Balaban J connectivity index is 1.35. The molecule has 0 spiro atoms. The van der Waals surface area contributed by atoms with Gasteiger partial charge in [0, 0.05) is 16.8 Å². The molecule has 0 fully saturated rings. The molecule has 4 aromatic rings. The highest BCUT2D eigenvalue weighted by atomic mass is 16.5. The van der Waals surface area contributed by atoms with E-state index in [0.29, 0.717) is 17.5 Å².